The Balaban J connectivity index is 0.00000406. The number of aromatic hydroxyl groups is 2. The van der Waals surface area contributed by atoms with E-state index in [0.717, 1.165) is 55.2 Å². The summed E-state index contributed by atoms with van der Waals surface area (Å²) in [4.78, 5) is 10.0. The molecule has 0 amide bonds. The van der Waals surface area contributed by atoms with Crippen LogP contribution < -0.4 is 9.47 Å². The van der Waals surface area contributed by atoms with E-state index in [-0.39, 0.29) is 31.0 Å². The van der Waals surface area contributed by atoms with Crippen LogP contribution >= 0.6 is 0 Å². The van der Waals surface area contributed by atoms with Crippen molar-refractivity contribution in [1.82, 2.24) is 0 Å². The Morgan fingerprint density at radius 2 is 0.961 bits per heavy atom. The largest absolute Gasteiger partial charge is 0.507 e. The SMILES string of the molecule is CC1(C)C=Cc2cc(C=Nc3ccc4ccccc4c3-c3c(N=Cc4cc5c(cc4O)OC(C)(C)C=C5)ccc4ccccc34)c(O)cc2O1.[Zn]. The summed E-state index contributed by atoms with van der Waals surface area (Å²) in [7, 11) is 0. The van der Waals surface area contributed by atoms with Gasteiger partial charge in [0, 0.05) is 77.4 Å². The van der Waals surface area contributed by atoms with E-state index in [1.54, 1.807) is 24.6 Å². The molecule has 0 spiro atoms. The number of hydrogen-bond donors (Lipinski definition) is 2. The third-order valence-corrected chi connectivity index (χ3v) is 9.14. The topological polar surface area (TPSA) is 83.6 Å². The Kier molecular flexibility index (Phi) is 8.65. The van der Waals surface area contributed by atoms with Crippen molar-refractivity contribution in [3.05, 3.63) is 131 Å². The molecule has 6 aromatic carbocycles. The Bertz CT molecular complexity index is 2300. The summed E-state index contributed by atoms with van der Waals surface area (Å²) < 4.78 is 12.1. The fourth-order valence-electron chi connectivity index (χ4n) is 6.61. The van der Waals surface area contributed by atoms with E-state index in [4.69, 9.17) is 19.5 Å². The van der Waals surface area contributed by atoms with E-state index in [1.807, 2.05) is 101 Å². The summed E-state index contributed by atoms with van der Waals surface area (Å²) >= 11 is 0. The second kappa shape index (κ2) is 13.0. The first-order chi connectivity index (χ1) is 24.0. The van der Waals surface area contributed by atoms with Crippen LogP contribution in [-0.2, 0) is 19.5 Å². The molecule has 0 bridgehead atoms. The van der Waals surface area contributed by atoms with Crippen LogP contribution in [0.5, 0.6) is 23.0 Å². The standard InChI is InChI=1S/C44H36N2O4.Zn/c1-43(2)19-17-29-21-31(37(47)23-39(29)49-43)25-45-35-15-13-27-9-5-7-11-33(27)41(35)42-34-12-8-6-10-28(34)14-16-36(42)46-26-32-22-30-18-20-44(3,4)50-40(30)24-38(32)48;/h5-26,47-48H,1-4H3;. The number of fused-ring (bicyclic) bond motifs is 4. The molecule has 0 atom stereocenters. The monoisotopic (exact) mass is 720 g/mol. The van der Waals surface area contributed by atoms with Crippen molar-refractivity contribution in [3.8, 4) is 34.1 Å². The van der Waals surface area contributed by atoms with E-state index in [2.05, 4.69) is 36.4 Å². The number of rotatable bonds is 5. The van der Waals surface area contributed by atoms with Crippen LogP contribution in [0.15, 0.2) is 119 Å². The smallest absolute Gasteiger partial charge is 0.131 e. The van der Waals surface area contributed by atoms with Crippen molar-refractivity contribution in [3.63, 3.8) is 0 Å². The average Bonchev–Trinajstić information content (AvgIpc) is 3.09. The Labute approximate surface area is 309 Å². The number of aliphatic imine (C=N–C) groups is 2. The van der Waals surface area contributed by atoms with Gasteiger partial charge in [-0.25, -0.2) is 0 Å². The predicted molar refractivity (Wildman–Crippen MR) is 205 cm³/mol. The fourth-order valence-corrected chi connectivity index (χ4v) is 6.61. The van der Waals surface area contributed by atoms with Gasteiger partial charge in [0.15, 0.2) is 0 Å². The third-order valence-electron chi connectivity index (χ3n) is 9.14. The molecule has 0 aliphatic carbocycles. The molecule has 2 aliphatic heterocycles. The van der Waals surface area contributed by atoms with E-state index < -0.39 is 11.2 Å². The number of benzene rings is 6. The second-order valence-electron chi connectivity index (χ2n) is 13.9. The van der Waals surface area contributed by atoms with Crippen molar-refractivity contribution < 1.29 is 39.2 Å². The van der Waals surface area contributed by atoms with Gasteiger partial charge in [-0.3, -0.25) is 9.98 Å². The number of hydrogen-bond acceptors (Lipinski definition) is 6. The Hall–Kier alpha value is -5.52. The molecule has 6 aromatic rings. The van der Waals surface area contributed by atoms with Crippen LogP contribution in [0.4, 0.5) is 11.4 Å². The van der Waals surface area contributed by atoms with Crippen molar-refractivity contribution in [2.24, 2.45) is 9.98 Å². The summed E-state index contributed by atoms with van der Waals surface area (Å²) in [5, 5.41) is 26.2. The van der Waals surface area contributed by atoms with Crippen molar-refractivity contribution in [1.29, 1.82) is 0 Å². The van der Waals surface area contributed by atoms with Crippen LogP contribution in [-0.4, -0.2) is 33.8 Å². The second-order valence-corrected chi connectivity index (χ2v) is 13.9. The molecule has 6 nitrogen and oxygen atoms in total. The summed E-state index contributed by atoms with van der Waals surface area (Å²) in [5.74, 6) is 1.44. The molecule has 0 saturated heterocycles. The molecule has 2 heterocycles. The normalized spacial score (nSPS) is 15.4. The minimum Gasteiger partial charge on any atom is -0.507 e. The summed E-state index contributed by atoms with van der Waals surface area (Å²) in [6.07, 6.45) is 11.4. The van der Waals surface area contributed by atoms with Gasteiger partial charge >= 0.3 is 0 Å². The first-order valence-corrected chi connectivity index (χ1v) is 16.7. The van der Waals surface area contributed by atoms with Gasteiger partial charge in [-0.2, -0.15) is 0 Å². The van der Waals surface area contributed by atoms with Crippen LogP contribution in [0.1, 0.15) is 49.9 Å². The van der Waals surface area contributed by atoms with Crippen molar-refractivity contribution in [2.75, 3.05) is 0 Å². The molecule has 0 radical (unpaired) electrons. The molecule has 7 heteroatoms. The fraction of sp³-hybridized carbons (Fsp3) is 0.136. The van der Waals surface area contributed by atoms with Crippen LogP contribution in [0.25, 0.3) is 44.8 Å². The van der Waals surface area contributed by atoms with E-state index in [0.29, 0.717) is 22.6 Å². The van der Waals surface area contributed by atoms with E-state index in [9.17, 15) is 10.2 Å². The van der Waals surface area contributed by atoms with Gasteiger partial charge in [0.2, 0.25) is 0 Å². The van der Waals surface area contributed by atoms with Crippen LogP contribution in [0.2, 0.25) is 0 Å². The number of phenolic OH excluding ortho intramolecular Hbond substituents is 2. The summed E-state index contributed by atoms with van der Waals surface area (Å²) in [6, 6.07) is 31.7. The van der Waals surface area contributed by atoms with Crippen molar-refractivity contribution in [2.45, 2.75) is 38.9 Å². The van der Waals surface area contributed by atoms with E-state index >= 15 is 0 Å². The zero-order valence-electron chi connectivity index (χ0n) is 29.0. The van der Waals surface area contributed by atoms with Crippen LogP contribution in [0, 0.1) is 0 Å². The van der Waals surface area contributed by atoms with E-state index in [1.165, 1.54) is 0 Å². The molecule has 2 N–H and O–H groups in total. The first kappa shape index (κ1) is 34.0. The molecule has 2 aliphatic rings. The minimum atomic E-state index is -0.449. The maximum absolute atomic E-state index is 11.0. The minimum absolute atomic E-state index is 0. The number of ether oxygens (including phenoxy) is 2. The van der Waals surface area contributed by atoms with Crippen LogP contribution in [0.3, 0.4) is 0 Å². The molecule has 0 unspecified atom stereocenters. The maximum atomic E-state index is 11.0. The van der Waals surface area contributed by atoms with Gasteiger partial charge in [0.1, 0.15) is 34.2 Å². The zero-order chi connectivity index (χ0) is 34.6. The summed E-state index contributed by atoms with van der Waals surface area (Å²) in [5.41, 5.74) is 5.30. The van der Waals surface area contributed by atoms with Gasteiger partial charge in [-0.1, -0.05) is 72.8 Å². The zero-order valence-corrected chi connectivity index (χ0v) is 32.0. The number of phenols is 2. The molecular weight excluding hydrogens is 686 g/mol. The molecular formula is C44H36N2O4Zn. The molecule has 0 saturated carbocycles. The Morgan fingerprint density at radius 3 is 1.39 bits per heavy atom. The molecule has 0 aromatic heterocycles. The van der Waals surface area contributed by atoms with Crippen molar-refractivity contribution >= 4 is 57.5 Å². The molecule has 51 heavy (non-hydrogen) atoms. The van der Waals surface area contributed by atoms with Gasteiger partial charge in [-0.15, -0.1) is 0 Å². The van der Waals surface area contributed by atoms with Gasteiger partial charge < -0.3 is 19.7 Å². The van der Waals surface area contributed by atoms with Gasteiger partial charge in [0.25, 0.3) is 0 Å². The van der Waals surface area contributed by atoms with Gasteiger partial charge in [-0.05, 0) is 85.7 Å². The summed E-state index contributed by atoms with van der Waals surface area (Å²) in [6.45, 7) is 7.92. The molecule has 8 rings (SSSR count). The average molecular weight is 722 g/mol. The predicted octanol–water partition coefficient (Wildman–Crippen LogP) is 10.9. The third kappa shape index (κ3) is 6.58. The molecule has 0 fully saturated rings. The maximum Gasteiger partial charge on any atom is 0.131 e. The first-order valence-electron chi connectivity index (χ1n) is 16.7. The molecule has 248 valence electrons. The number of nitrogens with zero attached hydrogens (tertiary/aromatic N) is 2. The van der Waals surface area contributed by atoms with Gasteiger partial charge in [0.05, 0.1) is 11.4 Å². The Morgan fingerprint density at radius 1 is 0.549 bits per heavy atom. The quantitative estimate of drug-likeness (QED) is 0.137.